The molecule has 2 nitrogen and oxygen atoms in total. The molecule has 2 aromatic carbocycles. The van der Waals surface area contributed by atoms with E-state index in [0.717, 1.165) is 17.2 Å². The molecule has 0 spiro atoms. The van der Waals surface area contributed by atoms with E-state index < -0.39 is 0 Å². The Morgan fingerprint density at radius 1 is 0.478 bits per heavy atom. The van der Waals surface area contributed by atoms with Crippen LogP contribution in [-0.4, -0.2) is 9.97 Å². The molecule has 4 rings (SSSR count). The first-order chi connectivity index (χ1) is 11.3. The van der Waals surface area contributed by atoms with Gasteiger partial charge in [0.2, 0.25) is 0 Å². The number of benzene rings is 2. The van der Waals surface area contributed by atoms with Crippen molar-refractivity contribution >= 4 is 0 Å². The van der Waals surface area contributed by atoms with Crippen LogP contribution in [0.4, 0.5) is 0 Å². The van der Waals surface area contributed by atoms with Crippen molar-refractivity contribution in [1.82, 2.24) is 9.97 Å². The molecule has 0 atom stereocenters. The van der Waals surface area contributed by atoms with E-state index >= 15 is 0 Å². The highest BCUT2D eigenvalue weighted by molar-refractivity contribution is 5.62. The average Bonchev–Trinajstić information content (AvgIpc) is 2.82. The highest BCUT2D eigenvalue weighted by atomic mass is 14.9. The molecule has 112 valence electrons. The molecule has 0 N–H and O–H groups in total. The quantitative estimate of drug-likeness (QED) is 0.480. The number of hydrogen-bond acceptors (Lipinski definition) is 2. The molecule has 0 saturated carbocycles. The molecule has 0 radical (unpaired) electrons. The van der Waals surface area contributed by atoms with Gasteiger partial charge in [-0.2, -0.15) is 0 Å². The Kier molecular flexibility index (Phi) is 4.75. The highest BCUT2D eigenvalue weighted by Gasteiger charge is 2.03. The minimum Gasteiger partial charge on any atom is -0.232 e. The van der Waals surface area contributed by atoms with Gasteiger partial charge in [0.25, 0.3) is 0 Å². The van der Waals surface area contributed by atoms with Crippen molar-refractivity contribution in [2.75, 3.05) is 0 Å². The number of rotatable bonds is 1. The van der Waals surface area contributed by atoms with Gasteiger partial charge in [-0.05, 0) is 30.2 Å². The van der Waals surface area contributed by atoms with Crippen LogP contribution >= 0.6 is 0 Å². The summed E-state index contributed by atoms with van der Waals surface area (Å²) in [6.07, 6.45) is 0. The van der Waals surface area contributed by atoms with E-state index in [9.17, 15) is 0 Å². The van der Waals surface area contributed by atoms with Crippen LogP contribution in [0.1, 0.15) is 5.82 Å². The predicted octanol–water partition coefficient (Wildman–Crippen LogP) is 5.24. The maximum absolute atomic E-state index is 4.24. The fraction of sp³-hybridized carbons (Fsp3) is 0.0476. The molecule has 0 bridgehead atoms. The maximum atomic E-state index is 4.24. The Labute approximate surface area is 136 Å². The Morgan fingerprint density at radius 3 is 1.22 bits per heavy atom. The molecule has 2 aliphatic rings. The van der Waals surface area contributed by atoms with Crippen molar-refractivity contribution in [2.45, 2.75) is 6.92 Å². The Morgan fingerprint density at radius 2 is 0.826 bits per heavy atom. The number of hydrogen-bond donors (Lipinski definition) is 0. The molecular weight excluding hydrogens is 280 g/mol. The van der Waals surface area contributed by atoms with Gasteiger partial charge in [0.1, 0.15) is 5.82 Å². The molecule has 0 fully saturated rings. The van der Waals surface area contributed by atoms with Gasteiger partial charge in [-0.25, -0.2) is 9.97 Å². The third kappa shape index (κ3) is 4.01. The van der Waals surface area contributed by atoms with E-state index in [1.807, 2.05) is 49.4 Å². The van der Waals surface area contributed by atoms with Gasteiger partial charge >= 0.3 is 0 Å². The minimum atomic E-state index is 0.839. The van der Waals surface area contributed by atoms with Crippen LogP contribution in [0.3, 0.4) is 0 Å². The number of aryl methyl sites for hydroxylation is 1. The van der Waals surface area contributed by atoms with Crippen LogP contribution in [0.15, 0.2) is 91.0 Å². The summed E-state index contributed by atoms with van der Waals surface area (Å²) in [5, 5.41) is 0. The number of aromatic nitrogens is 2. The number of imidazole rings is 1. The zero-order valence-corrected chi connectivity index (χ0v) is 13.1. The normalized spacial score (nSPS) is 9.96. The summed E-state index contributed by atoms with van der Waals surface area (Å²) in [7, 11) is 0. The fourth-order valence-corrected chi connectivity index (χ4v) is 2.35. The first-order valence-corrected chi connectivity index (χ1v) is 7.63. The second kappa shape index (κ2) is 7.32. The van der Waals surface area contributed by atoms with E-state index in [0.29, 0.717) is 0 Å². The summed E-state index contributed by atoms with van der Waals surface area (Å²) in [4.78, 5) is 8.48. The fourth-order valence-electron chi connectivity index (χ4n) is 2.35. The monoisotopic (exact) mass is 298 g/mol. The largest absolute Gasteiger partial charge is 0.232 e. The molecule has 1 heterocycles. The van der Waals surface area contributed by atoms with Crippen LogP contribution in [0.2, 0.25) is 0 Å². The van der Waals surface area contributed by atoms with Crippen molar-refractivity contribution in [2.24, 2.45) is 0 Å². The molecule has 1 aliphatic heterocycles. The van der Waals surface area contributed by atoms with Crippen LogP contribution in [0.5, 0.6) is 0 Å². The molecule has 2 heteroatoms. The molecule has 1 aliphatic carbocycles. The number of nitrogens with zero attached hydrogens (tertiary/aromatic N) is 2. The zero-order valence-electron chi connectivity index (χ0n) is 13.1. The first kappa shape index (κ1) is 14.9. The van der Waals surface area contributed by atoms with Crippen LogP contribution < -0.4 is 0 Å². The second-order valence-corrected chi connectivity index (χ2v) is 5.18. The Hall–Kier alpha value is -3.00. The lowest BCUT2D eigenvalue weighted by Crippen LogP contribution is -1.73. The molecule has 23 heavy (non-hydrogen) atoms. The topological polar surface area (TPSA) is 25.8 Å². The summed E-state index contributed by atoms with van der Waals surface area (Å²) in [5.41, 5.74) is 4.48. The zero-order chi connectivity index (χ0) is 15.9. The third-order valence-electron chi connectivity index (χ3n) is 3.44. The average molecular weight is 298 g/mol. The third-order valence-corrected chi connectivity index (χ3v) is 3.44. The van der Waals surface area contributed by atoms with Gasteiger partial charge in [-0.1, -0.05) is 78.9 Å². The summed E-state index contributed by atoms with van der Waals surface area (Å²) in [6, 6.07) is 30.6. The molecule has 0 unspecified atom stereocenters. The lowest BCUT2D eigenvalue weighted by atomic mass is 10.1. The molecule has 0 amide bonds. The van der Waals surface area contributed by atoms with Crippen molar-refractivity contribution in [3.8, 4) is 22.5 Å². The summed E-state index contributed by atoms with van der Waals surface area (Å²) in [5.74, 6) is 0.839. The predicted molar refractivity (Wildman–Crippen MR) is 95.3 cm³/mol. The van der Waals surface area contributed by atoms with Gasteiger partial charge < -0.3 is 0 Å². The van der Waals surface area contributed by atoms with E-state index in [-0.39, 0.29) is 0 Å². The maximum Gasteiger partial charge on any atom is 0.126 e. The van der Waals surface area contributed by atoms with Gasteiger partial charge in [-0.3, -0.25) is 0 Å². The van der Waals surface area contributed by atoms with Crippen molar-refractivity contribution in [3.63, 3.8) is 0 Å². The minimum absolute atomic E-state index is 0.839. The Balaban J connectivity index is 0.000000136. The van der Waals surface area contributed by atoms with Crippen LogP contribution in [-0.2, 0) is 0 Å². The van der Waals surface area contributed by atoms with Crippen molar-refractivity contribution in [3.05, 3.63) is 96.8 Å². The SMILES string of the molecule is Cc1nc2cccccc-2n1.c1ccc(-c2ccccc2)cc1. The van der Waals surface area contributed by atoms with Gasteiger partial charge in [0.15, 0.2) is 0 Å². The van der Waals surface area contributed by atoms with Gasteiger partial charge in [0, 0.05) is 0 Å². The lowest BCUT2D eigenvalue weighted by Gasteiger charge is -1.98. The summed E-state index contributed by atoms with van der Waals surface area (Å²) in [6.45, 7) is 1.90. The lowest BCUT2D eigenvalue weighted by molar-refractivity contribution is 1.16. The van der Waals surface area contributed by atoms with Gasteiger partial charge in [0.05, 0.1) is 11.4 Å². The van der Waals surface area contributed by atoms with E-state index in [1.54, 1.807) is 0 Å². The van der Waals surface area contributed by atoms with Gasteiger partial charge in [-0.15, -0.1) is 0 Å². The van der Waals surface area contributed by atoms with E-state index in [4.69, 9.17) is 0 Å². The van der Waals surface area contributed by atoms with Crippen LogP contribution in [0.25, 0.3) is 22.5 Å². The summed E-state index contributed by atoms with van der Waals surface area (Å²) >= 11 is 0. The smallest absolute Gasteiger partial charge is 0.126 e. The van der Waals surface area contributed by atoms with E-state index in [2.05, 4.69) is 58.5 Å². The van der Waals surface area contributed by atoms with E-state index in [1.165, 1.54) is 11.1 Å². The molecule has 2 aromatic rings. The standard InChI is InChI=1S/C12H10.C9H8N2/c1-3-7-11(8-4-1)12-9-5-2-6-10-12;1-7-10-8-5-3-2-4-6-9(8)11-7/h1-10H;2-6H,1H3. The molecular formula is C21H18N2. The second-order valence-electron chi connectivity index (χ2n) is 5.18. The van der Waals surface area contributed by atoms with Crippen LogP contribution in [0, 0.1) is 6.92 Å². The molecule has 0 saturated heterocycles. The van der Waals surface area contributed by atoms with Crippen molar-refractivity contribution in [1.29, 1.82) is 0 Å². The molecule has 0 aromatic heterocycles. The number of fused-ring (bicyclic) bond motifs is 1. The highest BCUT2D eigenvalue weighted by Crippen LogP contribution is 2.17. The van der Waals surface area contributed by atoms with Crippen molar-refractivity contribution < 1.29 is 0 Å². The Bertz CT molecular complexity index is 758. The first-order valence-electron chi connectivity index (χ1n) is 7.63. The summed E-state index contributed by atoms with van der Waals surface area (Å²) < 4.78 is 0.